The molecule has 0 saturated heterocycles. The highest BCUT2D eigenvalue weighted by molar-refractivity contribution is 5.85. The zero-order chi connectivity index (χ0) is 21.1. The van der Waals surface area contributed by atoms with Gasteiger partial charge < -0.3 is 10.6 Å². The van der Waals surface area contributed by atoms with E-state index in [0.717, 1.165) is 32.6 Å². The quantitative estimate of drug-likeness (QED) is 0.265. The van der Waals surface area contributed by atoms with E-state index in [1.807, 2.05) is 0 Å². The van der Waals surface area contributed by atoms with Crippen LogP contribution in [0.5, 0.6) is 0 Å². The Bertz CT molecular complexity index is 947. The minimum atomic E-state index is 0. The molecule has 0 aliphatic rings. The summed E-state index contributed by atoms with van der Waals surface area (Å²) in [5.41, 5.74) is 7.97. The first-order chi connectivity index (χ1) is 15.3. The third-order valence-electron chi connectivity index (χ3n) is 5.46. The van der Waals surface area contributed by atoms with E-state index >= 15 is 0 Å². The Morgan fingerprint density at radius 2 is 0.606 bits per heavy atom. The minimum absolute atomic E-state index is 0. The Kier molecular flexibility index (Phi) is 11.7. The zero-order valence-corrected chi connectivity index (χ0v) is 20.4. The van der Waals surface area contributed by atoms with Crippen LogP contribution in [0.15, 0.2) is 109 Å². The van der Waals surface area contributed by atoms with Gasteiger partial charge in [0, 0.05) is 26.2 Å². The second-order valence-corrected chi connectivity index (χ2v) is 7.99. The van der Waals surface area contributed by atoms with E-state index < -0.39 is 0 Å². The Hall–Kier alpha value is -2.62. The molecule has 0 spiro atoms. The fourth-order valence-corrected chi connectivity index (χ4v) is 3.68. The fraction of sp³-hybridized carbons (Fsp3) is 0.172. The summed E-state index contributed by atoms with van der Waals surface area (Å²) in [4.78, 5) is 0. The summed E-state index contributed by atoms with van der Waals surface area (Å²) in [6.07, 6.45) is 0.968. The average molecular weight is 479 g/mol. The summed E-state index contributed by atoms with van der Waals surface area (Å²) in [6, 6.07) is 39.0. The molecule has 0 saturated carbocycles. The normalized spacial score (nSPS) is 10.2. The third kappa shape index (κ3) is 9.03. The molecule has 0 heterocycles. The molecular weight excluding hydrogens is 447 g/mol. The van der Waals surface area contributed by atoms with Gasteiger partial charge in [-0.1, -0.05) is 109 Å². The molecule has 0 aliphatic carbocycles. The van der Waals surface area contributed by atoms with Crippen molar-refractivity contribution in [2.24, 2.45) is 0 Å². The molecule has 0 aromatic heterocycles. The van der Waals surface area contributed by atoms with Crippen LogP contribution in [-0.2, 0) is 32.6 Å². The van der Waals surface area contributed by atoms with Crippen molar-refractivity contribution in [3.05, 3.63) is 143 Å². The molecule has 0 fully saturated rings. The van der Waals surface area contributed by atoms with Gasteiger partial charge in [0.1, 0.15) is 0 Å². The van der Waals surface area contributed by atoms with Gasteiger partial charge in [0.25, 0.3) is 0 Å². The van der Waals surface area contributed by atoms with Crippen LogP contribution in [0, 0.1) is 0 Å². The molecule has 4 aromatic rings. The van der Waals surface area contributed by atoms with Crippen LogP contribution in [0.2, 0.25) is 0 Å². The fourth-order valence-electron chi connectivity index (χ4n) is 3.68. The van der Waals surface area contributed by atoms with E-state index in [9.17, 15) is 0 Å². The lowest BCUT2D eigenvalue weighted by molar-refractivity contribution is 0.693. The molecule has 0 unspecified atom stereocenters. The summed E-state index contributed by atoms with van der Waals surface area (Å²) < 4.78 is 0. The van der Waals surface area contributed by atoms with Crippen LogP contribution >= 0.6 is 24.8 Å². The Morgan fingerprint density at radius 1 is 0.333 bits per heavy atom. The van der Waals surface area contributed by atoms with Gasteiger partial charge in [0.15, 0.2) is 0 Å². The van der Waals surface area contributed by atoms with Crippen LogP contribution < -0.4 is 10.6 Å². The minimum Gasteiger partial charge on any atom is -0.309 e. The summed E-state index contributed by atoms with van der Waals surface area (Å²) in [5.74, 6) is 0. The van der Waals surface area contributed by atoms with Crippen LogP contribution in [0.3, 0.4) is 0 Å². The standard InChI is InChI=1S/C29H30N2.2ClH/c1-3-7-26(8-4-1)20-30-22-28-15-11-24(12-16-28)19-25-13-17-29(18-14-25)23-31-21-27-9-5-2-6-10-27;;/h1-18,30-31H,19-23H2;2*1H. The van der Waals surface area contributed by atoms with Crippen LogP contribution in [0.4, 0.5) is 0 Å². The highest BCUT2D eigenvalue weighted by Gasteiger charge is 2.00. The molecule has 4 rings (SSSR count). The first-order valence-corrected chi connectivity index (χ1v) is 11.0. The number of rotatable bonds is 10. The van der Waals surface area contributed by atoms with Crippen molar-refractivity contribution in [3.8, 4) is 0 Å². The molecule has 33 heavy (non-hydrogen) atoms. The predicted molar refractivity (Wildman–Crippen MR) is 144 cm³/mol. The highest BCUT2D eigenvalue weighted by atomic mass is 35.5. The maximum absolute atomic E-state index is 3.51. The summed E-state index contributed by atoms with van der Waals surface area (Å²) in [5, 5.41) is 7.03. The van der Waals surface area contributed by atoms with E-state index in [1.54, 1.807) is 0 Å². The second kappa shape index (κ2) is 14.5. The Balaban J connectivity index is 0.00000193. The van der Waals surface area contributed by atoms with Crippen molar-refractivity contribution in [1.82, 2.24) is 10.6 Å². The summed E-state index contributed by atoms with van der Waals surface area (Å²) >= 11 is 0. The lowest BCUT2D eigenvalue weighted by atomic mass is 10.0. The molecule has 4 aromatic carbocycles. The van der Waals surface area contributed by atoms with Gasteiger partial charge in [-0.15, -0.1) is 24.8 Å². The predicted octanol–water partition coefficient (Wildman–Crippen LogP) is 6.70. The smallest absolute Gasteiger partial charge is 0.0208 e. The number of benzene rings is 4. The van der Waals surface area contributed by atoms with E-state index in [0.29, 0.717) is 0 Å². The maximum atomic E-state index is 3.51. The van der Waals surface area contributed by atoms with Gasteiger partial charge in [-0.2, -0.15) is 0 Å². The van der Waals surface area contributed by atoms with Gasteiger partial charge >= 0.3 is 0 Å². The number of hydrogen-bond donors (Lipinski definition) is 2. The molecule has 0 amide bonds. The number of nitrogens with one attached hydrogen (secondary N) is 2. The van der Waals surface area contributed by atoms with Crippen LogP contribution in [0.1, 0.15) is 33.4 Å². The summed E-state index contributed by atoms with van der Waals surface area (Å²) in [7, 11) is 0. The van der Waals surface area contributed by atoms with Crippen molar-refractivity contribution in [2.45, 2.75) is 32.6 Å². The van der Waals surface area contributed by atoms with E-state index in [-0.39, 0.29) is 24.8 Å². The van der Waals surface area contributed by atoms with Crippen molar-refractivity contribution in [2.75, 3.05) is 0 Å². The van der Waals surface area contributed by atoms with E-state index in [1.165, 1.54) is 33.4 Å². The molecule has 0 aliphatic heterocycles. The molecule has 0 radical (unpaired) electrons. The number of hydrogen-bond acceptors (Lipinski definition) is 2. The van der Waals surface area contributed by atoms with Crippen LogP contribution in [-0.4, -0.2) is 0 Å². The monoisotopic (exact) mass is 478 g/mol. The highest BCUT2D eigenvalue weighted by Crippen LogP contribution is 2.13. The largest absolute Gasteiger partial charge is 0.309 e. The van der Waals surface area contributed by atoms with Gasteiger partial charge in [-0.05, 0) is 39.8 Å². The van der Waals surface area contributed by atoms with Crippen molar-refractivity contribution in [1.29, 1.82) is 0 Å². The Labute approximate surface area is 210 Å². The Morgan fingerprint density at radius 3 is 0.939 bits per heavy atom. The first-order valence-electron chi connectivity index (χ1n) is 11.0. The van der Waals surface area contributed by atoms with Gasteiger partial charge in [0.2, 0.25) is 0 Å². The first kappa shape index (κ1) is 26.6. The molecule has 0 bridgehead atoms. The molecular formula is C29H32Cl2N2. The SMILES string of the molecule is Cl.Cl.c1ccc(CNCc2ccc(Cc3ccc(CNCc4ccccc4)cc3)cc2)cc1. The van der Waals surface area contributed by atoms with Gasteiger partial charge in [0.05, 0.1) is 0 Å². The van der Waals surface area contributed by atoms with Crippen molar-refractivity contribution in [3.63, 3.8) is 0 Å². The lowest BCUT2D eigenvalue weighted by Gasteiger charge is -2.08. The van der Waals surface area contributed by atoms with Crippen molar-refractivity contribution >= 4 is 24.8 Å². The number of halogens is 2. The zero-order valence-electron chi connectivity index (χ0n) is 18.7. The topological polar surface area (TPSA) is 24.1 Å². The molecule has 0 atom stereocenters. The second-order valence-electron chi connectivity index (χ2n) is 7.99. The lowest BCUT2D eigenvalue weighted by Crippen LogP contribution is -2.12. The molecule has 2 N–H and O–H groups in total. The summed E-state index contributed by atoms with van der Waals surface area (Å²) in [6.45, 7) is 3.57. The van der Waals surface area contributed by atoms with E-state index in [2.05, 4.69) is 120 Å². The molecule has 4 heteroatoms. The third-order valence-corrected chi connectivity index (χ3v) is 5.46. The van der Waals surface area contributed by atoms with Crippen LogP contribution in [0.25, 0.3) is 0 Å². The molecule has 172 valence electrons. The van der Waals surface area contributed by atoms with Crippen molar-refractivity contribution < 1.29 is 0 Å². The van der Waals surface area contributed by atoms with E-state index in [4.69, 9.17) is 0 Å². The average Bonchev–Trinajstić information content (AvgIpc) is 2.83. The maximum Gasteiger partial charge on any atom is 0.0208 e. The molecule has 2 nitrogen and oxygen atoms in total. The van der Waals surface area contributed by atoms with Gasteiger partial charge in [-0.3, -0.25) is 0 Å². The van der Waals surface area contributed by atoms with Gasteiger partial charge in [-0.25, -0.2) is 0 Å².